The summed E-state index contributed by atoms with van der Waals surface area (Å²) in [7, 11) is 0. The van der Waals surface area contributed by atoms with Crippen molar-refractivity contribution in [1.29, 1.82) is 0 Å². The third kappa shape index (κ3) is 6.89. The van der Waals surface area contributed by atoms with Gasteiger partial charge in [-0.15, -0.1) is 0 Å². The van der Waals surface area contributed by atoms with E-state index in [-0.39, 0.29) is 25.5 Å². The summed E-state index contributed by atoms with van der Waals surface area (Å²) in [6.45, 7) is 1.04. The Morgan fingerprint density at radius 1 is 1.11 bits per heavy atom. The van der Waals surface area contributed by atoms with E-state index in [1.165, 1.54) is 0 Å². The minimum atomic E-state index is -1.27. The Kier molecular flexibility index (Phi) is 9.31. The number of carbonyl (C=O) groups excluding carboxylic acids is 1. The molecule has 0 fully saturated rings. The van der Waals surface area contributed by atoms with Gasteiger partial charge >= 0.3 is 0 Å². The second-order valence-corrected chi connectivity index (χ2v) is 8.80. The third-order valence-corrected chi connectivity index (χ3v) is 6.07. The largest absolute Gasteiger partial charge is 0.494 e. The van der Waals surface area contributed by atoms with Crippen molar-refractivity contribution in [3.8, 4) is 5.75 Å². The number of nitrogens with one attached hydrogen (secondary N) is 2. The lowest BCUT2D eigenvalue weighted by molar-refractivity contribution is -0.127. The number of hydrogen-bond acceptors (Lipinski definition) is 7. The highest BCUT2D eigenvalue weighted by Gasteiger charge is 2.45. The zero-order chi connectivity index (χ0) is 26.6. The molecule has 0 spiro atoms. The quantitative estimate of drug-likeness (QED) is 0.104. The van der Waals surface area contributed by atoms with E-state index in [9.17, 15) is 4.79 Å². The highest BCUT2D eigenvalue weighted by molar-refractivity contribution is 6.00. The van der Waals surface area contributed by atoms with Gasteiger partial charge in [0.05, 0.1) is 6.61 Å². The van der Waals surface area contributed by atoms with E-state index in [1.807, 2.05) is 54.6 Å². The van der Waals surface area contributed by atoms with Gasteiger partial charge in [0.2, 0.25) is 5.90 Å². The molecule has 1 atom stereocenters. The number of aliphatic imine (C=N–C) groups is 1. The zero-order valence-electron chi connectivity index (χ0n) is 20.9. The van der Waals surface area contributed by atoms with Crippen LogP contribution < -0.4 is 15.6 Å². The molecule has 0 radical (unpaired) electrons. The van der Waals surface area contributed by atoms with Crippen molar-refractivity contribution in [2.45, 2.75) is 24.8 Å². The first-order chi connectivity index (χ1) is 18.6. The number of hydrazine groups is 1. The summed E-state index contributed by atoms with van der Waals surface area (Å²) in [4.78, 5) is 21.2. The molecule has 0 unspecified atom stereocenters. The van der Waals surface area contributed by atoms with E-state index in [1.54, 1.807) is 24.3 Å². The second kappa shape index (κ2) is 13.3. The maximum atomic E-state index is 13.5. The summed E-state index contributed by atoms with van der Waals surface area (Å²) in [6.07, 6.45) is 1.47. The molecule has 1 aliphatic heterocycles. The van der Waals surface area contributed by atoms with Gasteiger partial charge in [0.15, 0.2) is 5.54 Å². The number of aliphatic hydroxyl groups excluding tert-OH is 1. The molecule has 10 heteroatoms. The number of nitrogens with zero attached hydrogens (tertiary/aromatic N) is 4. The molecular weight excluding hydrogens is 484 g/mol. The highest BCUT2D eigenvalue weighted by Crippen LogP contribution is 2.31. The van der Waals surface area contributed by atoms with Crippen LogP contribution in [0.4, 0.5) is 5.69 Å². The first-order valence-electron chi connectivity index (χ1n) is 12.4. The summed E-state index contributed by atoms with van der Waals surface area (Å²) in [5.74, 6) is 0.656. The molecule has 0 bridgehead atoms. The van der Waals surface area contributed by atoms with Crippen molar-refractivity contribution < 1.29 is 19.4 Å². The van der Waals surface area contributed by atoms with Crippen molar-refractivity contribution in [1.82, 2.24) is 10.9 Å². The standard InChI is InChI=1S/C28H30N6O4/c29-34-32-25-10-5-4-9-23(25)19-28(27(36)33-30-16-15-21-7-2-1-3-8-21)20-38-26(31-28)22-11-13-24(14-12-22)37-18-6-17-35/h1-5,7-14,30,35H,6,15-20H2,(H,33,36)/t28-/m0/s1. The van der Waals surface area contributed by atoms with Crippen LogP contribution in [-0.4, -0.2) is 48.8 Å². The average Bonchev–Trinajstić information content (AvgIpc) is 3.38. The van der Waals surface area contributed by atoms with E-state index in [0.717, 1.165) is 12.0 Å². The number of carbonyl (C=O) groups is 1. The minimum absolute atomic E-state index is 0.0217. The predicted octanol–water partition coefficient (Wildman–Crippen LogP) is 4.01. The van der Waals surface area contributed by atoms with Gasteiger partial charge in [-0.3, -0.25) is 10.2 Å². The molecule has 0 aromatic heterocycles. The number of rotatable bonds is 13. The normalized spacial score (nSPS) is 16.2. The van der Waals surface area contributed by atoms with Gasteiger partial charge in [-0.2, -0.15) is 0 Å². The summed E-state index contributed by atoms with van der Waals surface area (Å²) in [5, 5.41) is 12.7. The molecule has 4 rings (SSSR count). The fraction of sp³-hybridized carbons (Fsp3) is 0.286. The van der Waals surface area contributed by atoms with E-state index in [2.05, 4.69) is 20.9 Å². The van der Waals surface area contributed by atoms with E-state index in [4.69, 9.17) is 25.1 Å². The SMILES string of the molecule is [N-]=[N+]=Nc1ccccc1C[C@@]1(C(=O)NNCCc2ccccc2)COC(c2ccc(OCCCO)cc2)=N1. The van der Waals surface area contributed by atoms with Crippen LogP contribution in [0.15, 0.2) is 89.0 Å². The summed E-state index contributed by atoms with van der Waals surface area (Å²) >= 11 is 0. The van der Waals surface area contributed by atoms with Crippen LogP contribution in [0.3, 0.4) is 0 Å². The molecule has 0 saturated heterocycles. The molecule has 3 aromatic carbocycles. The Morgan fingerprint density at radius 2 is 1.87 bits per heavy atom. The molecule has 1 aliphatic rings. The number of amides is 1. The lowest BCUT2D eigenvalue weighted by Gasteiger charge is -2.24. The van der Waals surface area contributed by atoms with E-state index < -0.39 is 5.54 Å². The van der Waals surface area contributed by atoms with Crippen molar-refractivity contribution >= 4 is 17.5 Å². The topological polar surface area (TPSA) is 141 Å². The molecule has 1 heterocycles. The first-order valence-corrected chi connectivity index (χ1v) is 12.4. The molecule has 1 amide bonds. The van der Waals surface area contributed by atoms with Gasteiger partial charge < -0.3 is 14.6 Å². The zero-order valence-corrected chi connectivity index (χ0v) is 20.9. The fourth-order valence-electron chi connectivity index (χ4n) is 4.06. The number of ether oxygens (including phenoxy) is 2. The monoisotopic (exact) mass is 514 g/mol. The molecule has 0 aliphatic carbocycles. The molecular formula is C28H30N6O4. The Labute approximate surface area is 220 Å². The van der Waals surface area contributed by atoms with Crippen LogP contribution in [0.25, 0.3) is 10.4 Å². The number of hydrogen-bond donors (Lipinski definition) is 3. The Balaban J connectivity index is 1.53. The van der Waals surface area contributed by atoms with Crippen molar-refractivity contribution in [3.05, 3.63) is 106 Å². The summed E-state index contributed by atoms with van der Waals surface area (Å²) in [5.41, 5.74) is 16.5. The van der Waals surface area contributed by atoms with Crippen molar-refractivity contribution in [3.63, 3.8) is 0 Å². The minimum Gasteiger partial charge on any atom is -0.494 e. The Bertz CT molecular complexity index is 1290. The molecule has 3 N–H and O–H groups in total. The van der Waals surface area contributed by atoms with Crippen LogP contribution in [0.2, 0.25) is 0 Å². The first kappa shape index (κ1) is 26.7. The molecule has 10 nitrogen and oxygen atoms in total. The van der Waals surface area contributed by atoms with Gasteiger partial charge in [0, 0.05) is 42.2 Å². The van der Waals surface area contributed by atoms with Gasteiger partial charge in [-0.1, -0.05) is 59.7 Å². The third-order valence-electron chi connectivity index (χ3n) is 6.07. The predicted molar refractivity (Wildman–Crippen MR) is 144 cm³/mol. The molecule has 38 heavy (non-hydrogen) atoms. The summed E-state index contributed by atoms with van der Waals surface area (Å²) < 4.78 is 11.5. The van der Waals surface area contributed by atoms with Gasteiger partial charge in [-0.05, 0) is 47.3 Å². The van der Waals surface area contributed by atoms with Crippen LogP contribution >= 0.6 is 0 Å². The Morgan fingerprint density at radius 3 is 2.63 bits per heavy atom. The lowest BCUT2D eigenvalue weighted by Crippen LogP contribution is -2.53. The van der Waals surface area contributed by atoms with E-state index >= 15 is 0 Å². The number of aliphatic hydroxyl groups is 1. The Hall–Kier alpha value is -4.37. The van der Waals surface area contributed by atoms with Crippen LogP contribution in [0, 0.1) is 0 Å². The van der Waals surface area contributed by atoms with Crippen LogP contribution in [0.5, 0.6) is 5.75 Å². The molecule has 3 aromatic rings. The van der Waals surface area contributed by atoms with Gasteiger partial charge in [-0.25, -0.2) is 10.4 Å². The smallest absolute Gasteiger partial charge is 0.266 e. The van der Waals surface area contributed by atoms with Gasteiger partial charge in [0.1, 0.15) is 12.4 Å². The lowest BCUT2D eigenvalue weighted by atomic mass is 9.91. The number of benzene rings is 3. The second-order valence-electron chi connectivity index (χ2n) is 8.80. The fourth-order valence-corrected chi connectivity index (χ4v) is 4.06. The maximum absolute atomic E-state index is 13.5. The van der Waals surface area contributed by atoms with E-state index in [0.29, 0.717) is 48.0 Å². The number of azide groups is 1. The average molecular weight is 515 g/mol. The maximum Gasteiger partial charge on any atom is 0.266 e. The molecule has 196 valence electrons. The van der Waals surface area contributed by atoms with Crippen LogP contribution in [0.1, 0.15) is 23.1 Å². The highest BCUT2D eigenvalue weighted by atomic mass is 16.5. The van der Waals surface area contributed by atoms with Crippen LogP contribution in [-0.2, 0) is 22.4 Å². The van der Waals surface area contributed by atoms with Gasteiger partial charge in [0.25, 0.3) is 5.91 Å². The van der Waals surface area contributed by atoms with Crippen molar-refractivity contribution in [2.75, 3.05) is 26.4 Å². The summed E-state index contributed by atoms with van der Waals surface area (Å²) in [6, 6.07) is 24.3. The molecule has 0 saturated carbocycles. The van der Waals surface area contributed by atoms with Crippen molar-refractivity contribution in [2.24, 2.45) is 10.1 Å².